The zero-order valence-corrected chi connectivity index (χ0v) is 7.86. The number of aromatic nitrogens is 3. The molecule has 1 N–H and O–H groups in total. The number of hydrogen-bond acceptors (Lipinski definition) is 3. The lowest BCUT2D eigenvalue weighted by atomic mass is 10.3. The highest BCUT2D eigenvalue weighted by Crippen LogP contribution is 2.16. The molecule has 1 aromatic heterocycles. The van der Waals surface area contributed by atoms with Crippen molar-refractivity contribution < 1.29 is 18.3 Å². The summed E-state index contributed by atoms with van der Waals surface area (Å²) in [6, 6.07) is 1.57. The van der Waals surface area contributed by atoms with E-state index in [-0.39, 0.29) is 18.0 Å². The van der Waals surface area contributed by atoms with E-state index in [1.165, 1.54) is 6.20 Å². The molecule has 1 heterocycles. The average Bonchev–Trinajstić information content (AvgIpc) is 2.73. The van der Waals surface area contributed by atoms with Crippen LogP contribution >= 0.6 is 0 Å². The van der Waals surface area contributed by atoms with Crippen LogP contribution in [0.1, 0.15) is 5.69 Å². The molecule has 0 spiro atoms. The van der Waals surface area contributed by atoms with E-state index in [1.807, 2.05) is 0 Å². The zero-order valence-electron chi connectivity index (χ0n) is 7.86. The first kappa shape index (κ1) is 10.6. The molecular formula is C9H6F3N3O. The van der Waals surface area contributed by atoms with Crippen molar-refractivity contribution in [2.75, 3.05) is 0 Å². The summed E-state index contributed by atoms with van der Waals surface area (Å²) in [5.41, 5.74) is 0.230. The molecule has 0 aliphatic rings. The smallest absolute Gasteiger partial charge is 0.194 e. The molecule has 1 aromatic carbocycles. The summed E-state index contributed by atoms with van der Waals surface area (Å²) in [5.74, 6) is -4.15. The third kappa shape index (κ3) is 1.76. The molecule has 0 aliphatic carbocycles. The van der Waals surface area contributed by atoms with Gasteiger partial charge in [-0.2, -0.15) is 0 Å². The molecule has 16 heavy (non-hydrogen) atoms. The zero-order chi connectivity index (χ0) is 11.7. The highest BCUT2D eigenvalue weighted by Gasteiger charge is 2.12. The van der Waals surface area contributed by atoms with Gasteiger partial charge in [0.25, 0.3) is 0 Å². The largest absolute Gasteiger partial charge is 0.390 e. The fourth-order valence-corrected chi connectivity index (χ4v) is 1.17. The van der Waals surface area contributed by atoms with Crippen molar-refractivity contribution in [1.29, 1.82) is 0 Å². The van der Waals surface area contributed by atoms with Gasteiger partial charge in [0, 0.05) is 12.1 Å². The second-order valence-electron chi connectivity index (χ2n) is 3.04. The molecule has 0 atom stereocenters. The van der Waals surface area contributed by atoms with E-state index in [2.05, 4.69) is 10.3 Å². The maximum atomic E-state index is 12.9. The lowest BCUT2D eigenvalue weighted by Crippen LogP contribution is -1.99. The van der Waals surface area contributed by atoms with E-state index >= 15 is 0 Å². The maximum absolute atomic E-state index is 12.9. The molecule has 0 bridgehead atoms. The highest BCUT2D eigenvalue weighted by atomic mass is 19.2. The molecule has 7 heteroatoms. The van der Waals surface area contributed by atoms with Gasteiger partial charge in [-0.25, -0.2) is 17.9 Å². The third-order valence-electron chi connectivity index (χ3n) is 1.94. The first-order chi connectivity index (χ1) is 7.61. The van der Waals surface area contributed by atoms with Gasteiger partial charge in [0.05, 0.1) is 18.5 Å². The Kier molecular flexibility index (Phi) is 2.61. The second kappa shape index (κ2) is 3.93. The Balaban J connectivity index is 2.48. The van der Waals surface area contributed by atoms with Gasteiger partial charge in [-0.3, -0.25) is 0 Å². The lowest BCUT2D eigenvalue weighted by molar-refractivity contribution is 0.276. The molecular weight excluding hydrogens is 223 g/mol. The summed E-state index contributed by atoms with van der Waals surface area (Å²) in [6.45, 7) is -0.341. The predicted molar refractivity (Wildman–Crippen MR) is 47.2 cm³/mol. The van der Waals surface area contributed by atoms with E-state index in [9.17, 15) is 13.2 Å². The van der Waals surface area contributed by atoms with E-state index in [0.29, 0.717) is 0 Å². The first-order valence-electron chi connectivity index (χ1n) is 4.29. The summed E-state index contributed by atoms with van der Waals surface area (Å²) >= 11 is 0. The Bertz CT molecular complexity index is 503. The SMILES string of the molecule is OCc1cn(-c2cc(F)c(F)c(F)c2)nn1. The van der Waals surface area contributed by atoms with Gasteiger partial charge in [0.2, 0.25) is 0 Å². The summed E-state index contributed by atoms with van der Waals surface area (Å²) in [7, 11) is 0. The maximum Gasteiger partial charge on any atom is 0.194 e. The van der Waals surface area contributed by atoms with Crippen molar-refractivity contribution in [2.45, 2.75) is 6.61 Å². The second-order valence-corrected chi connectivity index (χ2v) is 3.04. The number of benzene rings is 1. The monoisotopic (exact) mass is 229 g/mol. The molecule has 0 radical (unpaired) electrons. The van der Waals surface area contributed by atoms with Gasteiger partial charge in [-0.1, -0.05) is 5.21 Å². The highest BCUT2D eigenvalue weighted by molar-refractivity contribution is 5.32. The fourth-order valence-electron chi connectivity index (χ4n) is 1.17. The normalized spacial score (nSPS) is 10.8. The van der Waals surface area contributed by atoms with Gasteiger partial charge in [0.1, 0.15) is 5.69 Å². The lowest BCUT2D eigenvalue weighted by Gasteiger charge is -2.01. The minimum Gasteiger partial charge on any atom is -0.390 e. The van der Waals surface area contributed by atoms with Gasteiger partial charge in [0.15, 0.2) is 17.5 Å². The van der Waals surface area contributed by atoms with E-state index in [0.717, 1.165) is 16.8 Å². The standard InChI is InChI=1S/C9H6F3N3O/c10-7-1-6(2-8(11)9(7)12)15-3-5(4-16)13-14-15/h1-3,16H,4H2. The van der Waals surface area contributed by atoms with Gasteiger partial charge in [-0.05, 0) is 0 Å². The van der Waals surface area contributed by atoms with Crippen LogP contribution in [0.25, 0.3) is 5.69 Å². The average molecular weight is 229 g/mol. The Morgan fingerprint density at radius 2 is 1.81 bits per heavy atom. The molecule has 2 rings (SSSR count). The summed E-state index contributed by atoms with van der Waals surface area (Å²) in [6.07, 6.45) is 1.28. The molecule has 0 aliphatic heterocycles. The van der Waals surface area contributed by atoms with Crippen molar-refractivity contribution in [1.82, 2.24) is 15.0 Å². The minimum absolute atomic E-state index is 0.0106. The van der Waals surface area contributed by atoms with Crippen LogP contribution in [0.3, 0.4) is 0 Å². The summed E-state index contributed by atoms with van der Waals surface area (Å²) < 4.78 is 39.5. The minimum atomic E-state index is -1.54. The van der Waals surface area contributed by atoms with Crippen LogP contribution in [0, 0.1) is 17.5 Å². The number of aliphatic hydroxyl groups is 1. The van der Waals surface area contributed by atoms with Crippen molar-refractivity contribution in [2.24, 2.45) is 0 Å². The topological polar surface area (TPSA) is 50.9 Å². The van der Waals surface area contributed by atoms with E-state index in [4.69, 9.17) is 5.11 Å². The van der Waals surface area contributed by atoms with E-state index < -0.39 is 17.5 Å². The van der Waals surface area contributed by atoms with Crippen LogP contribution in [0.5, 0.6) is 0 Å². The van der Waals surface area contributed by atoms with Gasteiger partial charge in [-0.15, -0.1) is 5.10 Å². The Morgan fingerprint density at radius 1 is 1.19 bits per heavy atom. The quantitative estimate of drug-likeness (QED) is 0.786. The van der Waals surface area contributed by atoms with Crippen molar-refractivity contribution in [3.8, 4) is 5.69 Å². The number of nitrogens with zero attached hydrogens (tertiary/aromatic N) is 3. The molecule has 84 valence electrons. The predicted octanol–water partition coefficient (Wildman–Crippen LogP) is 1.18. The molecule has 0 unspecified atom stereocenters. The molecule has 2 aromatic rings. The number of aliphatic hydroxyl groups excluding tert-OH is 1. The molecule has 0 saturated carbocycles. The number of hydrogen-bond donors (Lipinski definition) is 1. The van der Waals surface area contributed by atoms with Crippen LogP contribution in [-0.2, 0) is 6.61 Å². The van der Waals surface area contributed by atoms with E-state index in [1.54, 1.807) is 0 Å². The Labute approximate surface area is 87.9 Å². The van der Waals surface area contributed by atoms with Crippen LogP contribution in [0.4, 0.5) is 13.2 Å². The van der Waals surface area contributed by atoms with Crippen LogP contribution in [0.2, 0.25) is 0 Å². The summed E-state index contributed by atoms with van der Waals surface area (Å²) in [4.78, 5) is 0. The molecule has 0 fully saturated rings. The molecule has 0 amide bonds. The molecule has 0 saturated heterocycles. The Hall–Kier alpha value is -1.89. The summed E-state index contributed by atoms with van der Waals surface area (Å²) in [5, 5.41) is 15.8. The van der Waals surface area contributed by atoms with Gasteiger partial charge < -0.3 is 5.11 Å². The van der Waals surface area contributed by atoms with Crippen molar-refractivity contribution >= 4 is 0 Å². The van der Waals surface area contributed by atoms with Crippen molar-refractivity contribution in [3.05, 3.63) is 41.5 Å². The van der Waals surface area contributed by atoms with Gasteiger partial charge >= 0.3 is 0 Å². The number of halogens is 3. The third-order valence-corrected chi connectivity index (χ3v) is 1.94. The number of rotatable bonds is 2. The first-order valence-corrected chi connectivity index (χ1v) is 4.29. The fraction of sp³-hybridized carbons (Fsp3) is 0.111. The van der Waals surface area contributed by atoms with Crippen molar-refractivity contribution in [3.63, 3.8) is 0 Å². The van der Waals surface area contributed by atoms with Crippen LogP contribution in [0.15, 0.2) is 18.3 Å². The van der Waals surface area contributed by atoms with Crippen LogP contribution in [-0.4, -0.2) is 20.1 Å². The molecule has 4 nitrogen and oxygen atoms in total. The Morgan fingerprint density at radius 3 is 2.31 bits per heavy atom. The van der Waals surface area contributed by atoms with Crippen LogP contribution < -0.4 is 0 Å².